The average Bonchev–Trinajstić information content (AvgIpc) is 3.68. The minimum absolute atomic E-state index is 0.00794. The van der Waals surface area contributed by atoms with Crippen molar-refractivity contribution in [1.29, 1.82) is 0 Å². The van der Waals surface area contributed by atoms with Crippen molar-refractivity contribution in [2.24, 2.45) is 0 Å². The van der Waals surface area contributed by atoms with Gasteiger partial charge in [-0.3, -0.25) is 9.20 Å². The van der Waals surface area contributed by atoms with Gasteiger partial charge in [-0.1, -0.05) is 42.5 Å². The first kappa shape index (κ1) is 25.1. The number of imidazole rings is 1. The van der Waals surface area contributed by atoms with Crippen LogP contribution in [0, 0.1) is 0 Å². The van der Waals surface area contributed by atoms with Crippen molar-refractivity contribution in [3.05, 3.63) is 83.4 Å². The number of carbonyl (C=O) groups excluding carboxylic acids is 1. The van der Waals surface area contributed by atoms with Crippen LogP contribution in [0.3, 0.4) is 0 Å². The van der Waals surface area contributed by atoms with Crippen LogP contribution in [0.25, 0.3) is 16.8 Å². The van der Waals surface area contributed by atoms with Crippen LogP contribution in [-0.4, -0.2) is 51.0 Å². The second kappa shape index (κ2) is 9.05. The lowest BCUT2D eigenvalue weighted by Crippen LogP contribution is -2.53. The third kappa shape index (κ3) is 4.04. The summed E-state index contributed by atoms with van der Waals surface area (Å²) in [5.41, 5.74) is 9.25. The predicted molar refractivity (Wildman–Crippen MR) is 143 cm³/mol. The van der Waals surface area contributed by atoms with E-state index in [1.54, 1.807) is 12.3 Å². The molecule has 1 amide bonds. The zero-order chi connectivity index (χ0) is 27.6. The van der Waals surface area contributed by atoms with Crippen molar-refractivity contribution in [3.63, 3.8) is 0 Å². The molecule has 2 aliphatic heterocycles. The molecule has 2 aromatic carbocycles. The summed E-state index contributed by atoms with van der Waals surface area (Å²) in [6.45, 7) is 1.26. The third-order valence-electron chi connectivity index (χ3n) is 8.74. The van der Waals surface area contributed by atoms with Crippen molar-refractivity contribution in [3.8, 4) is 11.3 Å². The zero-order valence-corrected chi connectivity index (χ0v) is 21.7. The number of hydrogen-bond donors (Lipinski definition) is 1. The number of ether oxygens (including phenoxy) is 1. The normalized spacial score (nSPS) is 22.4. The summed E-state index contributed by atoms with van der Waals surface area (Å²) in [6.07, 6.45) is 2.43. The molecule has 2 N–H and O–H groups in total. The Morgan fingerprint density at radius 1 is 1.05 bits per heavy atom. The SMILES string of the molecule is Nc1nccn2c([C@@H]3CC[C@H]4COCC(=O)N4C3)nc(-c3ccc(C4(c5cccc(C(F)(F)F)c5)CC4)cc3)c12. The summed E-state index contributed by atoms with van der Waals surface area (Å²) in [5, 5.41) is 0. The van der Waals surface area contributed by atoms with E-state index in [4.69, 9.17) is 15.5 Å². The van der Waals surface area contributed by atoms with Crippen LogP contribution in [0.2, 0.25) is 0 Å². The number of hydrogen-bond acceptors (Lipinski definition) is 5. The second-order valence-electron chi connectivity index (χ2n) is 11.1. The third-order valence-corrected chi connectivity index (χ3v) is 8.74. The molecule has 1 saturated carbocycles. The smallest absolute Gasteiger partial charge is 0.382 e. The Morgan fingerprint density at radius 3 is 2.60 bits per heavy atom. The molecule has 0 bridgehead atoms. The highest BCUT2D eigenvalue weighted by Gasteiger charge is 2.46. The minimum atomic E-state index is -4.38. The van der Waals surface area contributed by atoms with Crippen LogP contribution in [0.1, 0.15) is 54.1 Å². The van der Waals surface area contributed by atoms with E-state index in [2.05, 4.69) is 4.98 Å². The van der Waals surface area contributed by atoms with Gasteiger partial charge in [0.05, 0.1) is 18.2 Å². The lowest BCUT2D eigenvalue weighted by molar-refractivity contribution is -0.151. The Morgan fingerprint density at radius 2 is 1.85 bits per heavy atom. The molecule has 3 fully saturated rings. The number of nitrogens with two attached hydrogens (primary N) is 1. The van der Waals surface area contributed by atoms with Gasteiger partial charge in [-0.25, -0.2) is 9.97 Å². The standard InChI is InChI=1S/C30H28F3N5O2/c31-30(32,33)22-3-1-2-21(14-22)29(10-11-29)20-7-4-18(5-8-20)25-26-27(34)35-12-13-37(26)28(36-25)19-6-9-23-16-40-17-24(39)38(23)15-19/h1-5,7-8,12-14,19,23H,6,9-11,15-17H2,(H2,34,35)/t19-,23+/m1/s1. The number of alkyl halides is 3. The van der Waals surface area contributed by atoms with Gasteiger partial charge in [0.2, 0.25) is 5.91 Å². The summed E-state index contributed by atoms with van der Waals surface area (Å²) in [6, 6.07) is 13.7. The summed E-state index contributed by atoms with van der Waals surface area (Å²) in [5.74, 6) is 1.24. The number of halogens is 3. The van der Waals surface area contributed by atoms with Crippen LogP contribution in [-0.2, 0) is 21.1 Å². The lowest BCUT2D eigenvalue weighted by Gasteiger charge is -2.41. The average molecular weight is 548 g/mol. The lowest BCUT2D eigenvalue weighted by atomic mass is 9.86. The maximum Gasteiger partial charge on any atom is 0.416 e. The number of anilines is 1. The number of rotatable bonds is 4. The second-order valence-corrected chi connectivity index (χ2v) is 11.1. The van der Waals surface area contributed by atoms with Gasteiger partial charge in [0.25, 0.3) is 0 Å². The Labute approximate surface area is 228 Å². The summed E-state index contributed by atoms with van der Waals surface area (Å²) in [4.78, 5) is 23.8. The quantitative estimate of drug-likeness (QED) is 0.381. The van der Waals surface area contributed by atoms with Crippen molar-refractivity contribution in [2.45, 2.75) is 49.2 Å². The first-order valence-electron chi connectivity index (χ1n) is 13.5. The molecule has 1 aliphatic carbocycles. The number of benzene rings is 2. The zero-order valence-electron chi connectivity index (χ0n) is 21.7. The Bertz CT molecular complexity index is 1610. The number of nitrogen functional groups attached to an aromatic ring is 1. The number of piperidine rings is 1. The summed E-state index contributed by atoms with van der Waals surface area (Å²) < 4.78 is 47.5. The van der Waals surface area contributed by atoms with Gasteiger partial charge in [-0.2, -0.15) is 13.2 Å². The Kier molecular flexibility index (Phi) is 5.68. The Balaban J connectivity index is 1.23. The van der Waals surface area contributed by atoms with E-state index in [1.165, 1.54) is 12.1 Å². The first-order chi connectivity index (χ1) is 19.2. The molecule has 0 radical (unpaired) electrons. The molecule has 206 valence electrons. The van der Waals surface area contributed by atoms with Crippen molar-refractivity contribution in [2.75, 3.05) is 25.5 Å². The van der Waals surface area contributed by atoms with E-state index in [-0.39, 0.29) is 24.5 Å². The monoisotopic (exact) mass is 547 g/mol. The minimum Gasteiger partial charge on any atom is -0.382 e. The van der Waals surface area contributed by atoms with Crippen LogP contribution < -0.4 is 5.73 Å². The van der Waals surface area contributed by atoms with E-state index in [1.807, 2.05) is 39.8 Å². The van der Waals surface area contributed by atoms with Gasteiger partial charge in [0.15, 0.2) is 0 Å². The molecule has 2 aromatic heterocycles. The van der Waals surface area contributed by atoms with E-state index < -0.39 is 17.2 Å². The molecular formula is C30H28F3N5O2. The molecule has 10 heteroatoms. The van der Waals surface area contributed by atoms with Gasteiger partial charge >= 0.3 is 6.18 Å². The van der Waals surface area contributed by atoms with Crippen LogP contribution in [0.5, 0.6) is 0 Å². The maximum atomic E-state index is 13.4. The van der Waals surface area contributed by atoms with Gasteiger partial charge < -0.3 is 15.4 Å². The van der Waals surface area contributed by atoms with Gasteiger partial charge in [0.1, 0.15) is 29.5 Å². The molecule has 7 nitrogen and oxygen atoms in total. The number of carbonyl (C=O) groups is 1. The first-order valence-corrected chi connectivity index (χ1v) is 13.5. The fourth-order valence-electron chi connectivity index (χ4n) is 6.47. The predicted octanol–water partition coefficient (Wildman–Crippen LogP) is 5.18. The molecule has 7 rings (SSSR count). The number of nitrogens with zero attached hydrogens (tertiary/aromatic N) is 4. The molecular weight excluding hydrogens is 519 g/mol. The van der Waals surface area contributed by atoms with E-state index in [0.717, 1.165) is 48.7 Å². The maximum absolute atomic E-state index is 13.4. The van der Waals surface area contributed by atoms with Crippen molar-refractivity contribution < 1.29 is 22.7 Å². The summed E-state index contributed by atoms with van der Waals surface area (Å²) in [7, 11) is 0. The topological polar surface area (TPSA) is 85.8 Å². The van der Waals surface area contributed by atoms with Crippen LogP contribution in [0.15, 0.2) is 60.9 Å². The molecule has 4 aromatic rings. The molecule has 40 heavy (non-hydrogen) atoms. The highest BCUT2D eigenvalue weighted by Crippen LogP contribution is 2.54. The number of fused-ring (bicyclic) bond motifs is 2. The fourth-order valence-corrected chi connectivity index (χ4v) is 6.47. The molecule has 2 atom stereocenters. The van der Waals surface area contributed by atoms with Crippen molar-refractivity contribution in [1.82, 2.24) is 19.3 Å². The van der Waals surface area contributed by atoms with E-state index in [0.29, 0.717) is 35.7 Å². The Hall–Kier alpha value is -3.92. The largest absolute Gasteiger partial charge is 0.416 e. The van der Waals surface area contributed by atoms with Gasteiger partial charge in [-0.05, 0) is 42.9 Å². The molecule has 2 saturated heterocycles. The molecule has 0 spiro atoms. The van der Waals surface area contributed by atoms with E-state index >= 15 is 0 Å². The number of morpholine rings is 1. The van der Waals surface area contributed by atoms with Crippen LogP contribution >= 0.6 is 0 Å². The highest BCUT2D eigenvalue weighted by molar-refractivity contribution is 5.85. The number of amides is 1. The molecule has 4 heterocycles. The van der Waals surface area contributed by atoms with Crippen molar-refractivity contribution >= 4 is 17.2 Å². The highest BCUT2D eigenvalue weighted by atomic mass is 19.4. The van der Waals surface area contributed by atoms with Gasteiger partial charge in [-0.15, -0.1) is 0 Å². The fraction of sp³-hybridized carbons (Fsp3) is 0.367. The molecule has 0 unspecified atom stereocenters. The van der Waals surface area contributed by atoms with Gasteiger partial charge in [0, 0.05) is 35.8 Å². The molecule has 3 aliphatic rings. The van der Waals surface area contributed by atoms with Crippen LogP contribution in [0.4, 0.5) is 19.0 Å². The number of aromatic nitrogens is 3. The van der Waals surface area contributed by atoms with E-state index in [9.17, 15) is 18.0 Å². The summed E-state index contributed by atoms with van der Waals surface area (Å²) >= 11 is 0.